The van der Waals surface area contributed by atoms with Crippen LogP contribution in [0.3, 0.4) is 0 Å². The molecule has 15 heavy (non-hydrogen) atoms. The lowest BCUT2D eigenvalue weighted by atomic mass is 9.89. The van der Waals surface area contributed by atoms with Gasteiger partial charge in [-0.3, -0.25) is 0 Å². The molecule has 0 unspecified atom stereocenters. The monoisotopic (exact) mass is 209 g/mol. The standard InChI is InChI=1S/C10H15N3O2/c1-13-9(10(14)15)11-8(12-13)7-5-3-2-4-6-7/h7H,2-6H2,1H3,(H,14,15). The summed E-state index contributed by atoms with van der Waals surface area (Å²) in [6.07, 6.45) is 5.85. The first-order valence-corrected chi connectivity index (χ1v) is 5.32. The lowest BCUT2D eigenvalue weighted by Gasteiger charge is -2.18. The molecule has 1 N–H and O–H groups in total. The minimum atomic E-state index is -1.01. The molecule has 1 aromatic rings. The molecule has 2 rings (SSSR count). The van der Waals surface area contributed by atoms with Gasteiger partial charge in [0.05, 0.1) is 0 Å². The molecule has 1 saturated carbocycles. The molecule has 1 aliphatic rings. The van der Waals surface area contributed by atoms with Crippen molar-refractivity contribution in [2.24, 2.45) is 7.05 Å². The second-order valence-corrected chi connectivity index (χ2v) is 4.06. The van der Waals surface area contributed by atoms with Crippen LogP contribution in [0.4, 0.5) is 0 Å². The fraction of sp³-hybridized carbons (Fsp3) is 0.700. The van der Waals surface area contributed by atoms with Gasteiger partial charge in [0, 0.05) is 13.0 Å². The fourth-order valence-electron chi connectivity index (χ4n) is 2.12. The van der Waals surface area contributed by atoms with E-state index in [1.165, 1.54) is 23.9 Å². The lowest BCUT2D eigenvalue weighted by molar-refractivity contribution is 0.0678. The Morgan fingerprint density at radius 3 is 2.60 bits per heavy atom. The molecule has 0 radical (unpaired) electrons. The van der Waals surface area contributed by atoms with Gasteiger partial charge in [0.15, 0.2) is 5.82 Å². The number of carboxylic acid groups (broad SMARTS) is 1. The van der Waals surface area contributed by atoms with Crippen LogP contribution < -0.4 is 0 Å². The third-order valence-electron chi connectivity index (χ3n) is 2.94. The van der Waals surface area contributed by atoms with Crippen molar-refractivity contribution in [2.45, 2.75) is 38.0 Å². The number of aromatic nitrogens is 3. The van der Waals surface area contributed by atoms with Crippen LogP contribution in [0.15, 0.2) is 0 Å². The lowest BCUT2D eigenvalue weighted by Crippen LogP contribution is -2.06. The van der Waals surface area contributed by atoms with Crippen LogP contribution in [0.2, 0.25) is 0 Å². The maximum atomic E-state index is 10.8. The number of hydrogen-bond donors (Lipinski definition) is 1. The molecule has 1 aliphatic carbocycles. The summed E-state index contributed by atoms with van der Waals surface area (Å²) in [6, 6.07) is 0. The number of rotatable bonds is 2. The Kier molecular flexibility index (Phi) is 2.70. The van der Waals surface area contributed by atoms with E-state index in [1.54, 1.807) is 7.05 Å². The molecule has 5 heteroatoms. The Labute approximate surface area is 88.1 Å². The largest absolute Gasteiger partial charge is 0.475 e. The second kappa shape index (κ2) is 4.00. The normalized spacial score (nSPS) is 17.9. The minimum Gasteiger partial charge on any atom is -0.475 e. The van der Waals surface area contributed by atoms with Crippen LogP contribution >= 0.6 is 0 Å². The quantitative estimate of drug-likeness (QED) is 0.802. The van der Waals surface area contributed by atoms with Gasteiger partial charge in [0.25, 0.3) is 0 Å². The molecule has 0 atom stereocenters. The molecule has 1 aromatic heterocycles. The van der Waals surface area contributed by atoms with E-state index < -0.39 is 5.97 Å². The molecule has 0 saturated heterocycles. The first-order valence-electron chi connectivity index (χ1n) is 5.32. The fourth-order valence-corrected chi connectivity index (χ4v) is 2.12. The smallest absolute Gasteiger partial charge is 0.373 e. The third-order valence-corrected chi connectivity index (χ3v) is 2.94. The van der Waals surface area contributed by atoms with Gasteiger partial charge in [0.2, 0.25) is 5.82 Å². The topological polar surface area (TPSA) is 68.0 Å². The zero-order valence-electron chi connectivity index (χ0n) is 8.81. The number of nitrogens with zero attached hydrogens (tertiary/aromatic N) is 3. The summed E-state index contributed by atoms with van der Waals surface area (Å²) in [6.45, 7) is 0. The van der Waals surface area contributed by atoms with E-state index in [0.29, 0.717) is 11.7 Å². The molecule has 0 aromatic carbocycles. The maximum absolute atomic E-state index is 10.8. The summed E-state index contributed by atoms with van der Waals surface area (Å²) in [4.78, 5) is 14.9. The number of aryl methyl sites for hydroxylation is 1. The summed E-state index contributed by atoms with van der Waals surface area (Å²) >= 11 is 0. The number of carbonyl (C=O) groups is 1. The van der Waals surface area contributed by atoms with E-state index in [9.17, 15) is 4.79 Å². The summed E-state index contributed by atoms with van der Waals surface area (Å²) in [5.41, 5.74) is 0. The molecule has 82 valence electrons. The van der Waals surface area contributed by atoms with E-state index in [0.717, 1.165) is 12.8 Å². The Morgan fingerprint density at radius 1 is 1.40 bits per heavy atom. The zero-order chi connectivity index (χ0) is 10.8. The summed E-state index contributed by atoms with van der Waals surface area (Å²) in [5.74, 6) is 0.0929. The SMILES string of the molecule is Cn1nc(C2CCCCC2)nc1C(=O)O. The average molecular weight is 209 g/mol. The molecular formula is C10H15N3O2. The van der Waals surface area contributed by atoms with Crippen molar-refractivity contribution in [3.63, 3.8) is 0 Å². The Hall–Kier alpha value is -1.39. The summed E-state index contributed by atoms with van der Waals surface area (Å²) in [5, 5.41) is 13.0. The Morgan fingerprint density at radius 2 is 2.07 bits per heavy atom. The molecular weight excluding hydrogens is 194 g/mol. The Bertz CT molecular complexity index is 367. The van der Waals surface area contributed by atoms with Gasteiger partial charge in [-0.1, -0.05) is 19.3 Å². The third kappa shape index (κ3) is 2.00. The van der Waals surface area contributed by atoms with Gasteiger partial charge in [-0.25, -0.2) is 14.5 Å². The zero-order valence-corrected chi connectivity index (χ0v) is 8.81. The van der Waals surface area contributed by atoms with Crippen LogP contribution in [0.5, 0.6) is 0 Å². The van der Waals surface area contributed by atoms with E-state index in [2.05, 4.69) is 10.1 Å². The van der Waals surface area contributed by atoms with Gasteiger partial charge >= 0.3 is 5.97 Å². The van der Waals surface area contributed by atoms with Gasteiger partial charge in [-0.05, 0) is 12.8 Å². The molecule has 1 heterocycles. The van der Waals surface area contributed by atoms with Gasteiger partial charge in [0.1, 0.15) is 0 Å². The van der Waals surface area contributed by atoms with Crippen molar-refractivity contribution in [1.29, 1.82) is 0 Å². The van der Waals surface area contributed by atoms with Crippen molar-refractivity contribution in [2.75, 3.05) is 0 Å². The highest BCUT2D eigenvalue weighted by Gasteiger charge is 2.22. The second-order valence-electron chi connectivity index (χ2n) is 4.06. The highest BCUT2D eigenvalue weighted by Crippen LogP contribution is 2.30. The number of aromatic carboxylic acids is 1. The van der Waals surface area contributed by atoms with Gasteiger partial charge in [-0.2, -0.15) is 5.10 Å². The van der Waals surface area contributed by atoms with E-state index in [1.807, 2.05) is 0 Å². The molecule has 0 amide bonds. The average Bonchev–Trinajstić information content (AvgIpc) is 2.62. The molecule has 0 spiro atoms. The predicted octanol–water partition coefficient (Wildman–Crippen LogP) is 1.56. The van der Waals surface area contributed by atoms with Crippen LogP contribution in [-0.4, -0.2) is 25.8 Å². The summed E-state index contributed by atoms with van der Waals surface area (Å²) in [7, 11) is 1.63. The van der Waals surface area contributed by atoms with Crippen molar-refractivity contribution in [3.05, 3.63) is 11.6 Å². The van der Waals surface area contributed by atoms with Crippen LogP contribution in [-0.2, 0) is 7.05 Å². The number of carboxylic acids is 1. The molecule has 5 nitrogen and oxygen atoms in total. The number of hydrogen-bond acceptors (Lipinski definition) is 3. The summed E-state index contributed by atoms with van der Waals surface area (Å²) < 4.78 is 1.35. The first-order chi connectivity index (χ1) is 7.18. The van der Waals surface area contributed by atoms with Gasteiger partial charge < -0.3 is 5.11 Å². The highest BCUT2D eigenvalue weighted by atomic mass is 16.4. The molecule has 1 fully saturated rings. The van der Waals surface area contributed by atoms with E-state index >= 15 is 0 Å². The van der Waals surface area contributed by atoms with Gasteiger partial charge in [-0.15, -0.1) is 0 Å². The minimum absolute atomic E-state index is 0.0376. The molecule has 0 aliphatic heterocycles. The van der Waals surface area contributed by atoms with Crippen LogP contribution in [0.1, 0.15) is 54.5 Å². The van der Waals surface area contributed by atoms with E-state index in [-0.39, 0.29) is 5.82 Å². The van der Waals surface area contributed by atoms with E-state index in [4.69, 9.17) is 5.11 Å². The predicted molar refractivity (Wildman–Crippen MR) is 53.8 cm³/mol. The highest BCUT2D eigenvalue weighted by molar-refractivity contribution is 5.83. The first kappa shape index (κ1) is 10.1. The van der Waals surface area contributed by atoms with Crippen molar-refractivity contribution in [3.8, 4) is 0 Å². The van der Waals surface area contributed by atoms with Crippen LogP contribution in [0, 0.1) is 0 Å². The maximum Gasteiger partial charge on any atom is 0.373 e. The molecule has 0 bridgehead atoms. The van der Waals surface area contributed by atoms with Crippen molar-refractivity contribution < 1.29 is 9.90 Å². The van der Waals surface area contributed by atoms with Crippen molar-refractivity contribution >= 4 is 5.97 Å². The van der Waals surface area contributed by atoms with Crippen LogP contribution in [0.25, 0.3) is 0 Å². The van der Waals surface area contributed by atoms with Crippen molar-refractivity contribution in [1.82, 2.24) is 14.8 Å². The Balaban J connectivity index is 2.21.